The lowest BCUT2D eigenvalue weighted by Crippen LogP contribution is -2.14. The van der Waals surface area contributed by atoms with Gasteiger partial charge in [0.25, 0.3) is 0 Å². The maximum absolute atomic E-state index is 12.6. The van der Waals surface area contributed by atoms with Crippen LogP contribution in [0.3, 0.4) is 0 Å². The molecular weight excluding hydrogens is 359 g/mol. The Kier molecular flexibility index (Phi) is 4.06. The van der Waals surface area contributed by atoms with E-state index in [1.165, 1.54) is 28.7 Å². The first kappa shape index (κ1) is 13.6. The molecule has 0 aliphatic carbocycles. The van der Waals surface area contributed by atoms with Crippen molar-refractivity contribution in [2.24, 2.45) is 0 Å². The third-order valence-corrected chi connectivity index (χ3v) is 3.25. The van der Waals surface area contributed by atoms with Crippen molar-refractivity contribution in [1.82, 2.24) is 0 Å². The zero-order valence-corrected chi connectivity index (χ0v) is 10.5. The van der Waals surface area contributed by atoms with Crippen molar-refractivity contribution < 1.29 is 23.1 Å². The highest BCUT2D eigenvalue weighted by Crippen LogP contribution is 2.38. The molecule has 0 saturated heterocycles. The molecule has 0 aliphatic rings. The second-order valence-electron chi connectivity index (χ2n) is 2.93. The van der Waals surface area contributed by atoms with Gasteiger partial charge in [0.1, 0.15) is 3.92 Å². The fraction of sp³-hybridized carbons (Fsp3) is 0.222. The highest BCUT2D eigenvalue weighted by Gasteiger charge is 2.36. The molecule has 0 saturated carbocycles. The minimum absolute atomic E-state index is 0.0786. The zero-order valence-electron chi connectivity index (χ0n) is 7.55. The van der Waals surface area contributed by atoms with Crippen LogP contribution in [0.5, 0.6) is 0 Å². The van der Waals surface area contributed by atoms with Crippen LogP contribution in [-0.2, 0) is 11.0 Å². The van der Waals surface area contributed by atoms with Gasteiger partial charge < -0.3 is 5.11 Å². The summed E-state index contributed by atoms with van der Waals surface area (Å²) in [6.45, 7) is 0. The summed E-state index contributed by atoms with van der Waals surface area (Å²) in [6.07, 6.45) is -4.61. The molecule has 16 heavy (non-hydrogen) atoms. The van der Waals surface area contributed by atoms with Crippen LogP contribution in [0, 0.1) is 0 Å². The van der Waals surface area contributed by atoms with E-state index in [9.17, 15) is 18.0 Å². The lowest BCUT2D eigenvalue weighted by molar-refractivity contribution is -0.139. The van der Waals surface area contributed by atoms with Crippen LogP contribution in [0.25, 0.3) is 0 Å². The van der Waals surface area contributed by atoms with E-state index in [0.29, 0.717) is 0 Å². The van der Waals surface area contributed by atoms with Crippen LogP contribution >= 0.6 is 34.2 Å². The Hall–Kier alpha value is -0.500. The molecule has 0 heterocycles. The second kappa shape index (κ2) is 4.79. The van der Waals surface area contributed by atoms with Gasteiger partial charge in [-0.3, -0.25) is 4.79 Å². The Bertz CT molecular complexity index is 420. The number of alkyl halides is 4. The lowest BCUT2D eigenvalue weighted by Gasteiger charge is -2.14. The van der Waals surface area contributed by atoms with Crippen molar-refractivity contribution in [1.29, 1.82) is 0 Å². The first-order valence-electron chi connectivity index (χ1n) is 3.97. The third kappa shape index (κ3) is 3.00. The van der Waals surface area contributed by atoms with Crippen molar-refractivity contribution in [2.45, 2.75) is 10.1 Å². The summed E-state index contributed by atoms with van der Waals surface area (Å²) in [5.41, 5.74) is -1.31. The Balaban J connectivity index is 3.34. The largest absolute Gasteiger partial charge is 0.480 e. The molecule has 1 aromatic carbocycles. The van der Waals surface area contributed by atoms with Gasteiger partial charge in [0, 0.05) is 5.02 Å². The maximum Gasteiger partial charge on any atom is 0.416 e. The number of carboxylic acids is 1. The van der Waals surface area contributed by atoms with Gasteiger partial charge in [0.15, 0.2) is 0 Å². The van der Waals surface area contributed by atoms with Crippen molar-refractivity contribution in [3.63, 3.8) is 0 Å². The minimum atomic E-state index is -4.61. The topological polar surface area (TPSA) is 37.3 Å². The Labute approximate surface area is 108 Å². The molecular formula is C9H5ClF3IO2. The zero-order chi connectivity index (χ0) is 12.5. The van der Waals surface area contributed by atoms with Gasteiger partial charge in [-0.25, -0.2) is 0 Å². The average Bonchev–Trinajstić information content (AvgIpc) is 2.15. The molecule has 0 aliphatic heterocycles. The molecule has 1 atom stereocenters. The maximum atomic E-state index is 12.6. The molecule has 0 fully saturated rings. The van der Waals surface area contributed by atoms with Gasteiger partial charge >= 0.3 is 12.1 Å². The van der Waals surface area contributed by atoms with Gasteiger partial charge in [0.05, 0.1) is 5.56 Å². The van der Waals surface area contributed by atoms with Crippen molar-refractivity contribution >= 4 is 40.2 Å². The molecule has 1 rings (SSSR count). The molecule has 0 spiro atoms. The summed E-state index contributed by atoms with van der Waals surface area (Å²) in [5.74, 6) is -1.33. The van der Waals surface area contributed by atoms with Crippen LogP contribution in [0.2, 0.25) is 5.02 Å². The summed E-state index contributed by atoms with van der Waals surface area (Å²) in [4.78, 5) is 10.7. The van der Waals surface area contributed by atoms with E-state index in [1.54, 1.807) is 0 Å². The molecule has 0 bridgehead atoms. The van der Waals surface area contributed by atoms with E-state index in [-0.39, 0.29) is 10.6 Å². The summed E-state index contributed by atoms with van der Waals surface area (Å²) in [5, 5.41) is 8.61. The molecule has 0 aromatic heterocycles. The number of aliphatic carboxylic acids is 1. The van der Waals surface area contributed by atoms with Crippen LogP contribution < -0.4 is 0 Å². The fourth-order valence-electron chi connectivity index (χ4n) is 1.13. The predicted molar refractivity (Wildman–Crippen MR) is 60.9 cm³/mol. The minimum Gasteiger partial charge on any atom is -0.480 e. The molecule has 7 heteroatoms. The second-order valence-corrected chi connectivity index (χ2v) is 4.61. The number of hydrogen-bond donors (Lipinski definition) is 1. The molecule has 1 aromatic rings. The molecule has 0 radical (unpaired) electrons. The molecule has 0 amide bonds. The first-order valence-corrected chi connectivity index (χ1v) is 5.59. The summed E-state index contributed by atoms with van der Waals surface area (Å²) >= 11 is 6.89. The number of rotatable bonds is 2. The summed E-state index contributed by atoms with van der Waals surface area (Å²) in [7, 11) is 0. The normalized spacial score (nSPS) is 13.6. The highest BCUT2D eigenvalue weighted by molar-refractivity contribution is 14.1. The van der Waals surface area contributed by atoms with E-state index >= 15 is 0 Å². The van der Waals surface area contributed by atoms with E-state index in [2.05, 4.69) is 0 Å². The van der Waals surface area contributed by atoms with Crippen LogP contribution in [0.1, 0.15) is 15.1 Å². The molecule has 1 N–H and O–H groups in total. The van der Waals surface area contributed by atoms with E-state index in [4.69, 9.17) is 16.7 Å². The predicted octanol–water partition coefficient (Wildman–Crippen LogP) is 3.92. The Morgan fingerprint density at radius 3 is 2.44 bits per heavy atom. The van der Waals surface area contributed by atoms with Crippen molar-refractivity contribution in [3.05, 3.63) is 34.3 Å². The Morgan fingerprint density at radius 2 is 2.00 bits per heavy atom. The highest BCUT2D eigenvalue weighted by atomic mass is 127. The molecule has 2 nitrogen and oxygen atoms in total. The van der Waals surface area contributed by atoms with Gasteiger partial charge in [-0.1, -0.05) is 40.3 Å². The fourth-order valence-corrected chi connectivity index (χ4v) is 1.84. The van der Waals surface area contributed by atoms with Gasteiger partial charge in [-0.2, -0.15) is 13.2 Å². The lowest BCUT2D eigenvalue weighted by atomic mass is 10.0. The van der Waals surface area contributed by atoms with Crippen LogP contribution in [-0.4, -0.2) is 11.1 Å². The van der Waals surface area contributed by atoms with E-state index in [1.807, 2.05) is 0 Å². The molecule has 88 valence electrons. The number of benzene rings is 1. The van der Waals surface area contributed by atoms with Crippen molar-refractivity contribution in [3.8, 4) is 0 Å². The summed E-state index contributed by atoms with van der Waals surface area (Å²) < 4.78 is 36.5. The quantitative estimate of drug-likeness (QED) is 0.638. The SMILES string of the molecule is O=C(O)C(I)c1ccc(Cl)cc1C(F)(F)F. The average molecular weight is 364 g/mol. The summed E-state index contributed by atoms with van der Waals surface area (Å²) in [6, 6.07) is 3.04. The Morgan fingerprint density at radius 1 is 1.44 bits per heavy atom. The van der Waals surface area contributed by atoms with Gasteiger partial charge in [0.2, 0.25) is 0 Å². The smallest absolute Gasteiger partial charge is 0.416 e. The number of carboxylic acid groups (broad SMARTS) is 1. The van der Waals surface area contributed by atoms with Gasteiger partial charge in [-0.05, 0) is 17.7 Å². The van der Waals surface area contributed by atoms with Crippen molar-refractivity contribution in [2.75, 3.05) is 0 Å². The number of hydrogen-bond acceptors (Lipinski definition) is 1. The van der Waals surface area contributed by atoms with Crippen LogP contribution in [0.4, 0.5) is 13.2 Å². The number of halogens is 5. The number of carbonyl (C=O) groups is 1. The van der Waals surface area contributed by atoms with Crippen LogP contribution in [0.15, 0.2) is 18.2 Å². The standard InChI is InChI=1S/C9H5ClF3IO2/c10-4-1-2-5(7(14)8(15)16)6(3-4)9(11,12)13/h1-3,7H,(H,15,16). The van der Waals surface area contributed by atoms with Gasteiger partial charge in [-0.15, -0.1) is 0 Å². The third-order valence-electron chi connectivity index (χ3n) is 1.81. The first-order chi connectivity index (χ1) is 7.23. The molecule has 1 unspecified atom stereocenters. The van der Waals surface area contributed by atoms with E-state index in [0.717, 1.165) is 12.1 Å². The monoisotopic (exact) mass is 364 g/mol. The van der Waals surface area contributed by atoms with E-state index < -0.39 is 21.6 Å².